The van der Waals surface area contributed by atoms with E-state index in [2.05, 4.69) is 6.92 Å². The van der Waals surface area contributed by atoms with Crippen molar-refractivity contribution in [3.05, 3.63) is 29.6 Å². The van der Waals surface area contributed by atoms with Gasteiger partial charge in [-0.1, -0.05) is 6.92 Å². The van der Waals surface area contributed by atoms with Crippen LogP contribution in [0.25, 0.3) is 0 Å². The number of halogens is 1. The third-order valence-electron chi connectivity index (χ3n) is 2.60. The molecule has 4 heteroatoms. The van der Waals surface area contributed by atoms with Crippen LogP contribution in [0.5, 0.6) is 0 Å². The highest BCUT2D eigenvalue weighted by Crippen LogP contribution is 2.27. The summed E-state index contributed by atoms with van der Waals surface area (Å²) < 4.78 is 13.5. The minimum absolute atomic E-state index is 0.00942. The Labute approximate surface area is 87.1 Å². The van der Waals surface area contributed by atoms with E-state index in [0.29, 0.717) is 11.6 Å². The molecule has 1 heterocycles. The van der Waals surface area contributed by atoms with Crippen molar-refractivity contribution >= 4 is 11.7 Å². The first-order chi connectivity index (χ1) is 7.08. The number of hydrogen-bond donors (Lipinski definition) is 1. The molecule has 1 aliphatic heterocycles. The molecular weight excluding hydrogens is 197 g/mol. The molecule has 15 heavy (non-hydrogen) atoms. The summed E-state index contributed by atoms with van der Waals surface area (Å²) in [5.74, 6) is -0.970. The van der Waals surface area contributed by atoms with Crippen LogP contribution >= 0.6 is 0 Å². The van der Waals surface area contributed by atoms with Crippen LogP contribution in [0.15, 0.2) is 18.2 Å². The van der Waals surface area contributed by atoms with Gasteiger partial charge >= 0.3 is 5.97 Å². The zero-order valence-electron chi connectivity index (χ0n) is 8.40. The predicted octanol–water partition coefficient (Wildman–Crippen LogP) is 1.98. The van der Waals surface area contributed by atoms with Gasteiger partial charge in [0.05, 0.1) is 11.3 Å². The van der Waals surface area contributed by atoms with Crippen LogP contribution in [0.4, 0.5) is 10.1 Å². The topological polar surface area (TPSA) is 40.5 Å². The van der Waals surface area contributed by atoms with Gasteiger partial charge in [0.15, 0.2) is 0 Å². The van der Waals surface area contributed by atoms with Crippen LogP contribution in [0, 0.1) is 11.7 Å². The molecule has 1 aromatic rings. The molecule has 1 fully saturated rings. The van der Waals surface area contributed by atoms with E-state index in [1.54, 1.807) is 0 Å². The number of aromatic carboxylic acids is 1. The van der Waals surface area contributed by atoms with Gasteiger partial charge in [-0.15, -0.1) is 0 Å². The van der Waals surface area contributed by atoms with Gasteiger partial charge < -0.3 is 10.0 Å². The fraction of sp³-hybridized carbons (Fsp3) is 0.364. The molecule has 0 amide bonds. The third-order valence-corrected chi connectivity index (χ3v) is 2.60. The van der Waals surface area contributed by atoms with Crippen molar-refractivity contribution in [2.24, 2.45) is 5.92 Å². The molecule has 0 spiro atoms. The van der Waals surface area contributed by atoms with Gasteiger partial charge in [0.1, 0.15) is 5.82 Å². The van der Waals surface area contributed by atoms with Gasteiger partial charge in [0, 0.05) is 13.1 Å². The average Bonchev–Trinajstić information content (AvgIpc) is 2.13. The van der Waals surface area contributed by atoms with Gasteiger partial charge in [-0.05, 0) is 24.1 Å². The van der Waals surface area contributed by atoms with Crippen molar-refractivity contribution in [3.63, 3.8) is 0 Å². The molecule has 1 aliphatic rings. The number of nitrogens with zero attached hydrogens (tertiary/aromatic N) is 1. The zero-order valence-corrected chi connectivity index (χ0v) is 8.40. The van der Waals surface area contributed by atoms with E-state index in [-0.39, 0.29) is 5.56 Å². The van der Waals surface area contributed by atoms with Crippen LogP contribution in [0.2, 0.25) is 0 Å². The Kier molecular flexibility index (Phi) is 2.34. The standard InChI is InChI=1S/C11H12FNO2/c1-7-5-13(6-7)10-3-2-8(11(14)15)4-9(10)12/h2-4,7H,5-6H2,1H3,(H,14,15). The minimum atomic E-state index is -1.10. The van der Waals surface area contributed by atoms with Crippen molar-refractivity contribution in [2.45, 2.75) is 6.92 Å². The van der Waals surface area contributed by atoms with E-state index < -0.39 is 11.8 Å². The lowest BCUT2D eigenvalue weighted by molar-refractivity contribution is 0.0696. The molecule has 0 bridgehead atoms. The highest BCUT2D eigenvalue weighted by atomic mass is 19.1. The quantitative estimate of drug-likeness (QED) is 0.809. The maximum atomic E-state index is 13.5. The highest BCUT2D eigenvalue weighted by Gasteiger charge is 2.25. The van der Waals surface area contributed by atoms with E-state index in [1.165, 1.54) is 12.1 Å². The van der Waals surface area contributed by atoms with Crippen LogP contribution in [-0.4, -0.2) is 24.2 Å². The fourth-order valence-corrected chi connectivity index (χ4v) is 1.79. The molecular formula is C11H12FNO2. The van der Waals surface area contributed by atoms with E-state index >= 15 is 0 Å². The van der Waals surface area contributed by atoms with Gasteiger partial charge in [0.2, 0.25) is 0 Å². The molecule has 0 atom stereocenters. The van der Waals surface area contributed by atoms with Crippen LogP contribution in [0.1, 0.15) is 17.3 Å². The summed E-state index contributed by atoms with van der Waals surface area (Å²) in [6.45, 7) is 3.77. The number of carboxylic acids is 1. The Morgan fingerprint density at radius 3 is 2.67 bits per heavy atom. The number of anilines is 1. The Bertz CT molecular complexity index is 400. The lowest BCUT2D eigenvalue weighted by atomic mass is 10.0. The Hall–Kier alpha value is -1.58. The normalized spacial score (nSPS) is 16.3. The van der Waals surface area contributed by atoms with E-state index in [1.807, 2.05) is 4.90 Å². The smallest absolute Gasteiger partial charge is 0.335 e. The summed E-state index contributed by atoms with van der Waals surface area (Å²) in [7, 11) is 0. The largest absolute Gasteiger partial charge is 0.478 e. The van der Waals surface area contributed by atoms with Crippen LogP contribution < -0.4 is 4.90 Å². The van der Waals surface area contributed by atoms with E-state index in [4.69, 9.17) is 5.11 Å². The Balaban J connectivity index is 2.23. The van der Waals surface area contributed by atoms with Crippen molar-refractivity contribution < 1.29 is 14.3 Å². The molecule has 1 N–H and O–H groups in total. The van der Waals surface area contributed by atoms with Crippen molar-refractivity contribution in [2.75, 3.05) is 18.0 Å². The second-order valence-electron chi connectivity index (χ2n) is 3.98. The summed E-state index contributed by atoms with van der Waals surface area (Å²) in [6.07, 6.45) is 0. The van der Waals surface area contributed by atoms with Crippen molar-refractivity contribution in [1.29, 1.82) is 0 Å². The van der Waals surface area contributed by atoms with Crippen molar-refractivity contribution in [3.8, 4) is 0 Å². The van der Waals surface area contributed by atoms with Crippen LogP contribution in [-0.2, 0) is 0 Å². The molecule has 1 saturated heterocycles. The second kappa shape index (κ2) is 3.53. The lowest BCUT2D eigenvalue weighted by Gasteiger charge is -2.39. The summed E-state index contributed by atoms with van der Waals surface area (Å²) in [5, 5.41) is 8.67. The summed E-state index contributed by atoms with van der Waals surface area (Å²) in [6, 6.07) is 4.04. The average molecular weight is 209 g/mol. The molecule has 0 saturated carbocycles. The van der Waals surface area contributed by atoms with E-state index in [0.717, 1.165) is 19.2 Å². The first-order valence-corrected chi connectivity index (χ1v) is 4.85. The number of rotatable bonds is 2. The third kappa shape index (κ3) is 1.79. The summed E-state index contributed by atoms with van der Waals surface area (Å²) >= 11 is 0. The summed E-state index contributed by atoms with van der Waals surface area (Å²) in [5.41, 5.74) is 0.489. The Morgan fingerprint density at radius 2 is 2.20 bits per heavy atom. The van der Waals surface area contributed by atoms with Crippen molar-refractivity contribution in [1.82, 2.24) is 0 Å². The highest BCUT2D eigenvalue weighted by molar-refractivity contribution is 5.88. The SMILES string of the molecule is CC1CN(c2ccc(C(=O)O)cc2F)C1. The maximum Gasteiger partial charge on any atom is 0.335 e. The molecule has 0 radical (unpaired) electrons. The Morgan fingerprint density at radius 1 is 1.53 bits per heavy atom. The first kappa shape index (κ1) is 9.96. The fourth-order valence-electron chi connectivity index (χ4n) is 1.79. The zero-order chi connectivity index (χ0) is 11.0. The van der Waals surface area contributed by atoms with E-state index in [9.17, 15) is 9.18 Å². The number of carboxylic acid groups (broad SMARTS) is 1. The van der Waals surface area contributed by atoms with Gasteiger partial charge in [0.25, 0.3) is 0 Å². The molecule has 0 aromatic heterocycles. The molecule has 2 rings (SSSR count). The second-order valence-corrected chi connectivity index (χ2v) is 3.98. The maximum absolute atomic E-state index is 13.5. The predicted molar refractivity (Wildman–Crippen MR) is 54.7 cm³/mol. The number of benzene rings is 1. The van der Waals surface area contributed by atoms with Crippen LogP contribution in [0.3, 0.4) is 0 Å². The summed E-state index contributed by atoms with van der Waals surface area (Å²) in [4.78, 5) is 12.5. The number of hydrogen-bond acceptors (Lipinski definition) is 2. The van der Waals surface area contributed by atoms with Gasteiger partial charge in [-0.3, -0.25) is 0 Å². The first-order valence-electron chi connectivity index (χ1n) is 4.85. The molecule has 0 unspecified atom stereocenters. The molecule has 80 valence electrons. The lowest BCUT2D eigenvalue weighted by Crippen LogP contribution is -2.45. The van der Waals surface area contributed by atoms with Gasteiger partial charge in [-0.25, -0.2) is 9.18 Å². The monoisotopic (exact) mass is 209 g/mol. The van der Waals surface area contributed by atoms with Gasteiger partial charge in [-0.2, -0.15) is 0 Å². The molecule has 0 aliphatic carbocycles. The minimum Gasteiger partial charge on any atom is -0.478 e. The number of carbonyl (C=O) groups is 1. The molecule has 1 aromatic carbocycles. The molecule has 3 nitrogen and oxygen atoms in total.